The molecule has 1 aliphatic heterocycles. The molecule has 0 radical (unpaired) electrons. The van der Waals surface area contributed by atoms with E-state index in [9.17, 15) is 18.0 Å². The van der Waals surface area contributed by atoms with Crippen LogP contribution in [-0.2, 0) is 28.7 Å². The largest absolute Gasteiger partial charge is 0.468 e. The number of carbonyl (C=O) groups excluding carboxylic acids is 1. The van der Waals surface area contributed by atoms with E-state index < -0.39 is 17.8 Å². The minimum Gasteiger partial charge on any atom is -0.468 e. The van der Waals surface area contributed by atoms with Crippen molar-refractivity contribution in [1.82, 2.24) is 4.90 Å². The number of carbonyl (C=O) groups is 1. The fourth-order valence-corrected chi connectivity index (χ4v) is 2.55. The standard InChI is InChI=1S/C14H16F3NO2/c1-9(13(19)20-2)18-7-6-11-10(8-18)4-3-5-12(11)14(15,16)17/h3-5,9H,6-8H2,1-2H3. The lowest BCUT2D eigenvalue weighted by atomic mass is 9.93. The van der Waals surface area contributed by atoms with Crippen molar-refractivity contribution in [1.29, 1.82) is 0 Å². The molecule has 110 valence electrons. The molecule has 1 heterocycles. The van der Waals surface area contributed by atoms with Crippen molar-refractivity contribution in [3.05, 3.63) is 34.9 Å². The second-order valence-corrected chi connectivity index (χ2v) is 4.86. The molecule has 0 saturated heterocycles. The van der Waals surface area contributed by atoms with Gasteiger partial charge in [0.25, 0.3) is 0 Å². The summed E-state index contributed by atoms with van der Waals surface area (Å²) in [6.07, 6.45) is -4.05. The van der Waals surface area contributed by atoms with E-state index in [0.717, 1.165) is 6.07 Å². The Morgan fingerprint density at radius 1 is 1.40 bits per heavy atom. The maximum atomic E-state index is 12.9. The van der Waals surface area contributed by atoms with Crippen LogP contribution in [-0.4, -0.2) is 30.6 Å². The number of rotatable bonds is 2. The van der Waals surface area contributed by atoms with Gasteiger partial charge in [0.1, 0.15) is 6.04 Å². The van der Waals surface area contributed by atoms with Crippen molar-refractivity contribution in [2.24, 2.45) is 0 Å². The van der Waals surface area contributed by atoms with E-state index in [1.165, 1.54) is 13.2 Å². The van der Waals surface area contributed by atoms with Crippen LogP contribution in [0.25, 0.3) is 0 Å². The summed E-state index contributed by atoms with van der Waals surface area (Å²) in [7, 11) is 1.30. The maximum absolute atomic E-state index is 12.9. The monoisotopic (exact) mass is 287 g/mol. The van der Waals surface area contributed by atoms with Crippen LogP contribution >= 0.6 is 0 Å². The molecule has 0 spiro atoms. The summed E-state index contributed by atoms with van der Waals surface area (Å²) >= 11 is 0. The SMILES string of the molecule is COC(=O)C(C)N1CCc2c(cccc2C(F)(F)F)C1. The molecule has 0 fully saturated rings. The molecule has 3 nitrogen and oxygen atoms in total. The van der Waals surface area contributed by atoms with Crippen LogP contribution in [0.15, 0.2) is 18.2 Å². The van der Waals surface area contributed by atoms with Gasteiger partial charge in [-0.2, -0.15) is 13.2 Å². The molecule has 1 aromatic carbocycles. The zero-order valence-electron chi connectivity index (χ0n) is 11.3. The van der Waals surface area contributed by atoms with Crippen molar-refractivity contribution in [3.8, 4) is 0 Å². The molecule has 1 aromatic rings. The Kier molecular flexibility index (Phi) is 4.04. The van der Waals surface area contributed by atoms with Crippen LogP contribution < -0.4 is 0 Å². The maximum Gasteiger partial charge on any atom is 0.416 e. The number of hydrogen-bond acceptors (Lipinski definition) is 3. The summed E-state index contributed by atoms with van der Waals surface area (Å²) in [5.74, 6) is -0.375. The van der Waals surface area contributed by atoms with E-state index in [0.29, 0.717) is 24.2 Å². The average molecular weight is 287 g/mol. The van der Waals surface area contributed by atoms with Crippen molar-refractivity contribution in [3.63, 3.8) is 0 Å². The Hall–Kier alpha value is -1.56. The quantitative estimate of drug-likeness (QED) is 0.783. The molecule has 0 aromatic heterocycles. The lowest BCUT2D eigenvalue weighted by Gasteiger charge is -2.33. The second-order valence-electron chi connectivity index (χ2n) is 4.86. The van der Waals surface area contributed by atoms with E-state index in [1.54, 1.807) is 13.0 Å². The summed E-state index contributed by atoms with van der Waals surface area (Å²) < 4.78 is 43.5. The number of fused-ring (bicyclic) bond motifs is 1. The predicted molar refractivity (Wildman–Crippen MR) is 67.0 cm³/mol. The van der Waals surface area contributed by atoms with Crippen LogP contribution in [0.5, 0.6) is 0 Å². The number of halogens is 3. The van der Waals surface area contributed by atoms with Gasteiger partial charge in [0.05, 0.1) is 12.7 Å². The molecule has 1 unspecified atom stereocenters. The molecule has 1 aliphatic rings. The number of methoxy groups -OCH3 is 1. The molecule has 0 aliphatic carbocycles. The Labute approximate surface area is 115 Å². The molecule has 0 saturated carbocycles. The van der Waals surface area contributed by atoms with Crippen LogP contribution in [0, 0.1) is 0 Å². The summed E-state index contributed by atoms with van der Waals surface area (Å²) in [6.45, 7) is 2.44. The summed E-state index contributed by atoms with van der Waals surface area (Å²) in [5.41, 5.74) is 0.399. The molecule has 20 heavy (non-hydrogen) atoms. The van der Waals surface area contributed by atoms with Gasteiger partial charge in [-0.05, 0) is 30.5 Å². The minimum atomic E-state index is -4.33. The number of nitrogens with zero attached hydrogens (tertiary/aromatic N) is 1. The highest BCUT2D eigenvalue weighted by Gasteiger charge is 2.36. The third-order valence-electron chi connectivity index (χ3n) is 3.69. The van der Waals surface area contributed by atoms with Crippen LogP contribution in [0.4, 0.5) is 13.2 Å². The van der Waals surface area contributed by atoms with Crippen molar-refractivity contribution in [2.75, 3.05) is 13.7 Å². The van der Waals surface area contributed by atoms with E-state index in [-0.39, 0.29) is 12.4 Å². The predicted octanol–water partition coefficient (Wildman–Crippen LogP) is 2.63. The van der Waals surface area contributed by atoms with Gasteiger partial charge in [-0.3, -0.25) is 9.69 Å². The fraction of sp³-hybridized carbons (Fsp3) is 0.500. The highest BCUT2D eigenvalue weighted by atomic mass is 19.4. The normalized spacial score (nSPS) is 17.4. The van der Waals surface area contributed by atoms with Crippen molar-refractivity contribution < 1.29 is 22.7 Å². The third kappa shape index (κ3) is 2.80. The fourth-order valence-electron chi connectivity index (χ4n) is 2.55. The lowest BCUT2D eigenvalue weighted by Crippen LogP contribution is -2.43. The van der Waals surface area contributed by atoms with Gasteiger partial charge >= 0.3 is 12.1 Å². The van der Waals surface area contributed by atoms with Gasteiger partial charge in [0.2, 0.25) is 0 Å². The highest BCUT2D eigenvalue weighted by Crippen LogP contribution is 2.35. The minimum absolute atomic E-state index is 0.284. The summed E-state index contributed by atoms with van der Waals surface area (Å²) in [4.78, 5) is 13.3. The van der Waals surface area contributed by atoms with E-state index in [1.807, 2.05) is 4.90 Å². The van der Waals surface area contributed by atoms with Crippen LogP contribution in [0.1, 0.15) is 23.6 Å². The van der Waals surface area contributed by atoms with Gasteiger partial charge in [-0.25, -0.2) is 0 Å². The van der Waals surface area contributed by atoms with Gasteiger partial charge in [-0.15, -0.1) is 0 Å². The van der Waals surface area contributed by atoms with Gasteiger partial charge in [-0.1, -0.05) is 12.1 Å². The lowest BCUT2D eigenvalue weighted by molar-refractivity contribution is -0.147. The first-order valence-corrected chi connectivity index (χ1v) is 6.34. The number of hydrogen-bond donors (Lipinski definition) is 0. The molecular weight excluding hydrogens is 271 g/mol. The third-order valence-corrected chi connectivity index (χ3v) is 3.69. The Balaban J connectivity index is 2.26. The van der Waals surface area contributed by atoms with Crippen LogP contribution in [0.2, 0.25) is 0 Å². The Morgan fingerprint density at radius 2 is 2.10 bits per heavy atom. The van der Waals surface area contributed by atoms with E-state index >= 15 is 0 Å². The zero-order chi connectivity index (χ0) is 14.9. The highest BCUT2D eigenvalue weighted by molar-refractivity contribution is 5.75. The second kappa shape index (κ2) is 5.44. The molecule has 6 heteroatoms. The Morgan fingerprint density at radius 3 is 2.70 bits per heavy atom. The van der Waals surface area contributed by atoms with Crippen LogP contribution in [0.3, 0.4) is 0 Å². The smallest absolute Gasteiger partial charge is 0.416 e. The first kappa shape index (κ1) is 14.8. The molecule has 0 N–H and O–H groups in total. The van der Waals surface area contributed by atoms with E-state index in [2.05, 4.69) is 4.74 Å². The van der Waals surface area contributed by atoms with Gasteiger partial charge < -0.3 is 4.74 Å². The topological polar surface area (TPSA) is 29.5 Å². The average Bonchev–Trinajstić information content (AvgIpc) is 2.43. The van der Waals surface area contributed by atoms with Gasteiger partial charge in [0, 0.05) is 13.1 Å². The number of ether oxygens (including phenoxy) is 1. The Bertz CT molecular complexity index is 514. The number of benzene rings is 1. The summed E-state index contributed by atoms with van der Waals surface area (Å²) in [6, 6.07) is 3.75. The summed E-state index contributed by atoms with van der Waals surface area (Å²) in [5, 5.41) is 0. The molecule has 2 rings (SSSR count). The molecular formula is C14H16F3NO2. The number of alkyl halides is 3. The van der Waals surface area contributed by atoms with Crippen molar-refractivity contribution >= 4 is 5.97 Å². The molecule has 0 amide bonds. The van der Waals surface area contributed by atoms with Gasteiger partial charge in [0.15, 0.2) is 0 Å². The zero-order valence-corrected chi connectivity index (χ0v) is 11.3. The first-order chi connectivity index (χ1) is 9.34. The van der Waals surface area contributed by atoms with Crippen molar-refractivity contribution in [2.45, 2.75) is 32.1 Å². The molecule has 0 bridgehead atoms. The van der Waals surface area contributed by atoms with E-state index in [4.69, 9.17) is 0 Å². The number of esters is 1. The first-order valence-electron chi connectivity index (χ1n) is 6.34. The molecule has 1 atom stereocenters.